The summed E-state index contributed by atoms with van der Waals surface area (Å²) in [6.45, 7) is 1.76. The van der Waals surface area contributed by atoms with Crippen molar-refractivity contribution in [1.82, 2.24) is 0 Å². The number of hydrogen-bond acceptors (Lipinski definition) is 3. The summed E-state index contributed by atoms with van der Waals surface area (Å²) in [5.74, 6) is -0.0840. The fourth-order valence-electron chi connectivity index (χ4n) is 0.608. The van der Waals surface area contributed by atoms with E-state index < -0.39 is 0 Å². The summed E-state index contributed by atoms with van der Waals surface area (Å²) in [5, 5.41) is 0. The SMILES string of the molecule is COC1=CC(C)C(=O)O1. The van der Waals surface area contributed by atoms with Gasteiger partial charge in [0.05, 0.1) is 13.0 Å². The molecule has 0 spiro atoms. The molecule has 0 bridgehead atoms. The Morgan fingerprint density at radius 2 is 2.44 bits per heavy atom. The van der Waals surface area contributed by atoms with Gasteiger partial charge in [-0.2, -0.15) is 0 Å². The molecule has 50 valence electrons. The highest BCUT2D eigenvalue weighted by molar-refractivity contribution is 5.77. The topological polar surface area (TPSA) is 35.5 Å². The van der Waals surface area contributed by atoms with Crippen LogP contribution in [-0.4, -0.2) is 13.1 Å². The Labute approximate surface area is 53.3 Å². The van der Waals surface area contributed by atoms with Gasteiger partial charge >= 0.3 is 5.97 Å². The fourth-order valence-corrected chi connectivity index (χ4v) is 0.608. The number of rotatable bonds is 1. The smallest absolute Gasteiger partial charge is 0.320 e. The van der Waals surface area contributed by atoms with Crippen LogP contribution < -0.4 is 0 Å². The van der Waals surface area contributed by atoms with E-state index in [1.54, 1.807) is 13.0 Å². The zero-order valence-electron chi connectivity index (χ0n) is 5.38. The summed E-state index contributed by atoms with van der Waals surface area (Å²) >= 11 is 0. The van der Waals surface area contributed by atoms with E-state index in [4.69, 9.17) is 0 Å². The number of methoxy groups -OCH3 is 1. The molecule has 0 amide bonds. The van der Waals surface area contributed by atoms with Crippen molar-refractivity contribution in [2.75, 3.05) is 7.11 Å². The van der Waals surface area contributed by atoms with Crippen LogP contribution >= 0.6 is 0 Å². The lowest BCUT2D eigenvalue weighted by Gasteiger charge is -1.96. The van der Waals surface area contributed by atoms with Gasteiger partial charge in [-0.3, -0.25) is 4.79 Å². The third-order valence-corrected chi connectivity index (χ3v) is 1.16. The van der Waals surface area contributed by atoms with Gasteiger partial charge in [-0.15, -0.1) is 0 Å². The molecule has 0 saturated carbocycles. The molecule has 1 aliphatic rings. The Hall–Kier alpha value is -0.990. The van der Waals surface area contributed by atoms with E-state index in [1.807, 2.05) is 0 Å². The van der Waals surface area contributed by atoms with Crippen LogP contribution in [-0.2, 0) is 14.3 Å². The Balaban J connectivity index is 2.62. The summed E-state index contributed by atoms with van der Waals surface area (Å²) in [7, 11) is 1.47. The van der Waals surface area contributed by atoms with E-state index in [0.717, 1.165) is 0 Å². The van der Waals surface area contributed by atoms with E-state index >= 15 is 0 Å². The molecule has 1 atom stereocenters. The highest BCUT2D eigenvalue weighted by atomic mass is 16.7. The molecule has 0 aromatic heterocycles. The molecule has 3 heteroatoms. The molecule has 0 N–H and O–H groups in total. The maximum Gasteiger partial charge on any atom is 0.320 e. The molecule has 0 aliphatic carbocycles. The van der Waals surface area contributed by atoms with Crippen molar-refractivity contribution in [3.63, 3.8) is 0 Å². The average molecular weight is 128 g/mol. The van der Waals surface area contributed by atoms with E-state index in [-0.39, 0.29) is 11.9 Å². The van der Waals surface area contributed by atoms with Crippen molar-refractivity contribution in [3.8, 4) is 0 Å². The molecule has 0 aromatic carbocycles. The Morgan fingerprint density at radius 3 is 2.67 bits per heavy atom. The van der Waals surface area contributed by atoms with Crippen LogP contribution in [0.1, 0.15) is 6.92 Å². The molecular weight excluding hydrogens is 120 g/mol. The van der Waals surface area contributed by atoms with E-state index in [9.17, 15) is 4.79 Å². The van der Waals surface area contributed by atoms with E-state index in [1.165, 1.54) is 7.11 Å². The van der Waals surface area contributed by atoms with Crippen molar-refractivity contribution < 1.29 is 14.3 Å². The zero-order chi connectivity index (χ0) is 6.85. The number of esters is 1. The minimum atomic E-state index is -0.244. The number of cyclic esters (lactones) is 1. The molecule has 1 unspecified atom stereocenters. The van der Waals surface area contributed by atoms with Gasteiger partial charge in [0, 0.05) is 6.08 Å². The molecule has 0 fully saturated rings. The largest absolute Gasteiger partial charge is 0.469 e. The van der Waals surface area contributed by atoms with Crippen LogP contribution in [0.25, 0.3) is 0 Å². The van der Waals surface area contributed by atoms with Gasteiger partial charge in [0.25, 0.3) is 5.95 Å². The lowest BCUT2D eigenvalue weighted by atomic mass is 10.2. The summed E-state index contributed by atoms with van der Waals surface area (Å²) < 4.78 is 9.29. The van der Waals surface area contributed by atoms with Crippen molar-refractivity contribution in [2.45, 2.75) is 6.92 Å². The van der Waals surface area contributed by atoms with Crippen molar-refractivity contribution in [3.05, 3.63) is 12.0 Å². The molecule has 1 aliphatic heterocycles. The summed E-state index contributed by atoms with van der Waals surface area (Å²) in [5.41, 5.74) is 0. The van der Waals surface area contributed by atoms with E-state index in [0.29, 0.717) is 5.95 Å². The van der Waals surface area contributed by atoms with E-state index in [2.05, 4.69) is 9.47 Å². The second kappa shape index (κ2) is 2.09. The molecule has 1 heterocycles. The first-order valence-corrected chi connectivity index (χ1v) is 2.71. The average Bonchev–Trinajstić information content (AvgIpc) is 2.13. The van der Waals surface area contributed by atoms with Gasteiger partial charge in [-0.25, -0.2) is 0 Å². The van der Waals surface area contributed by atoms with Crippen molar-refractivity contribution in [2.24, 2.45) is 5.92 Å². The Kier molecular flexibility index (Phi) is 1.42. The van der Waals surface area contributed by atoms with Crippen LogP contribution in [0.4, 0.5) is 0 Å². The zero-order valence-corrected chi connectivity index (χ0v) is 5.38. The van der Waals surface area contributed by atoms with Gasteiger partial charge in [0.1, 0.15) is 0 Å². The third kappa shape index (κ3) is 1.04. The van der Waals surface area contributed by atoms with Crippen molar-refractivity contribution in [1.29, 1.82) is 0 Å². The molecule has 3 nitrogen and oxygen atoms in total. The first kappa shape index (κ1) is 6.13. The number of carbonyl (C=O) groups excluding carboxylic acids is 1. The summed E-state index contributed by atoms with van der Waals surface area (Å²) in [6.07, 6.45) is 1.64. The molecule has 0 aromatic rings. The van der Waals surface area contributed by atoms with Gasteiger partial charge < -0.3 is 9.47 Å². The lowest BCUT2D eigenvalue weighted by Crippen LogP contribution is -2.03. The number of hydrogen-bond donors (Lipinski definition) is 0. The van der Waals surface area contributed by atoms with Crippen LogP contribution in [0, 0.1) is 5.92 Å². The molecule has 0 saturated heterocycles. The first-order chi connectivity index (χ1) is 4.24. The second-order valence-electron chi connectivity index (χ2n) is 1.90. The van der Waals surface area contributed by atoms with Gasteiger partial charge in [-0.05, 0) is 6.92 Å². The molecule has 0 radical (unpaired) electrons. The van der Waals surface area contributed by atoms with Crippen LogP contribution in [0.5, 0.6) is 0 Å². The maximum atomic E-state index is 10.6. The predicted molar refractivity (Wildman–Crippen MR) is 30.3 cm³/mol. The first-order valence-electron chi connectivity index (χ1n) is 2.71. The Bertz CT molecular complexity index is 160. The highest BCUT2D eigenvalue weighted by Crippen LogP contribution is 2.16. The second-order valence-corrected chi connectivity index (χ2v) is 1.90. The van der Waals surface area contributed by atoms with Gasteiger partial charge in [-0.1, -0.05) is 0 Å². The van der Waals surface area contributed by atoms with Crippen LogP contribution in [0.2, 0.25) is 0 Å². The van der Waals surface area contributed by atoms with Gasteiger partial charge in [0.15, 0.2) is 0 Å². The minimum Gasteiger partial charge on any atom is -0.469 e. The standard InChI is InChI=1S/C6H8O3/c1-4-3-5(8-2)9-6(4)7/h3-4H,1-2H3. The quantitative estimate of drug-likeness (QED) is 0.487. The summed E-state index contributed by atoms with van der Waals surface area (Å²) in [6, 6.07) is 0. The lowest BCUT2D eigenvalue weighted by molar-refractivity contribution is -0.143. The monoisotopic (exact) mass is 128 g/mol. The normalized spacial score (nSPS) is 25.3. The molecular formula is C6H8O3. The predicted octanol–water partition coefficient (Wildman–Crippen LogP) is 0.667. The number of carbonyl (C=O) groups is 1. The molecule has 1 rings (SSSR count). The molecule has 9 heavy (non-hydrogen) atoms. The third-order valence-electron chi connectivity index (χ3n) is 1.16. The summed E-state index contributed by atoms with van der Waals surface area (Å²) in [4.78, 5) is 10.6. The van der Waals surface area contributed by atoms with Crippen LogP contribution in [0.15, 0.2) is 12.0 Å². The Morgan fingerprint density at radius 1 is 1.78 bits per heavy atom. The van der Waals surface area contributed by atoms with Crippen molar-refractivity contribution >= 4 is 5.97 Å². The maximum absolute atomic E-state index is 10.6. The fraction of sp³-hybridized carbons (Fsp3) is 0.500. The van der Waals surface area contributed by atoms with Gasteiger partial charge in [0.2, 0.25) is 0 Å². The number of ether oxygens (including phenoxy) is 2. The minimum absolute atomic E-state index is 0.153. The highest BCUT2D eigenvalue weighted by Gasteiger charge is 2.22. The van der Waals surface area contributed by atoms with Crippen LogP contribution in [0.3, 0.4) is 0 Å².